The van der Waals surface area contributed by atoms with Crippen molar-refractivity contribution in [2.24, 2.45) is 0 Å². The molecule has 1 aromatic heterocycles. The van der Waals surface area contributed by atoms with Gasteiger partial charge in [-0.05, 0) is 22.2 Å². The Morgan fingerprint density at radius 1 is 0.615 bits per heavy atom. The number of rotatable bonds is 2. The molecule has 0 unspecified atom stereocenters. The normalized spacial score (nSPS) is 11.2. The first-order valence-electron chi connectivity index (χ1n) is 8.63. The van der Waals surface area contributed by atoms with Crippen LogP contribution < -0.4 is 0 Å². The molecule has 0 aliphatic heterocycles. The van der Waals surface area contributed by atoms with E-state index in [1.54, 1.807) is 0 Å². The molecule has 2 nitrogen and oxygen atoms in total. The summed E-state index contributed by atoms with van der Waals surface area (Å²) in [6.45, 7) is 0. The van der Waals surface area contributed by atoms with E-state index in [-0.39, 0.29) is 5.78 Å². The van der Waals surface area contributed by atoms with Crippen LogP contribution in [0, 0.1) is 0 Å². The molecule has 2 heteroatoms. The summed E-state index contributed by atoms with van der Waals surface area (Å²) in [5.74, 6) is -0.0438. The molecule has 0 saturated heterocycles. The summed E-state index contributed by atoms with van der Waals surface area (Å²) in [7, 11) is 0. The van der Waals surface area contributed by atoms with Crippen LogP contribution >= 0.6 is 0 Å². The van der Waals surface area contributed by atoms with Crippen LogP contribution in [0.15, 0.2) is 91.0 Å². The van der Waals surface area contributed by atoms with E-state index in [4.69, 9.17) is 4.98 Å². The van der Waals surface area contributed by atoms with Crippen LogP contribution in [-0.2, 0) is 0 Å². The third-order valence-corrected chi connectivity index (χ3v) is 4.84. The number of hydrogen-bond acceptors (Lipinski definition) is 2. The minimum absolute atomic E-state index is 0.0438. The van der Waals surface area contributed by atoms with Crippen molar-refractivity contribution in [3.8, 4) is 0 Å². The quantitative estimate of drug-likeness (QED) is 0.303. The maximum Gasteiger partial charge on any atom is 0.212 e. The van der Waals surface area contributed by atoms with Gasteiger partial charge in [0.1, 0.15) is 5.69 Å². The highest BCUT2D eigenvalue weighted by Gasteiger charge is 2.18. The zero-order chi connectivity index (χ0) is 17.5. The van der Waals surface area contributed by atoms with E-state index < -0.39 is 0 Å². The minimum atomic E-state index is -0.0438. The largest absolute Gasteiger partial charge is 0.287 e. The Hall–Kier alpha value is -3.52. The smallest absolute Gasteiger partial charge is 0.212 e. The number of ketones is 1. The lowest BCUT2D eigenvalue weighted by Crippen LogP contribution is -2.06. The Labute approximate surface area is 150 Å². The number of carbonyl (C=O) groups is 1. The van der Waals surface area contributed by atoms with Crippen LogP contribution in [0.25, 0.3) is 32.4 Å². The van der Waals surface area contributed by atoms with Crippen molar-refractivity contribution >= 4 is 38.2 Å². The highest BCUT2D eigenvalue weighted by Crippen LogP contribution is 2.33. The zero-order valence-corrected chi connectivity index (χ0v) is 14.0. The summed E-state index contributed by atoms with van der Waals surface area (Å²) in [4.78, 5) is 18.1. The number of fused-ring (bicyclic) bond motifs is 5. The number of para-hydroxylation sites is 1. The Kier molecular flexibility index (Phi) is 3.29. The molecule has 0 bridgehead atoms. The van der Waals surface area contributed by atoms with Gasteiger partial charge in [-0.1, -0.05) is 84.9 Å². The van der Waals surface area contributed by atoms with Gasteiger partial charge in [-0.2, -0.15) is 0 Å². The van der Waals surface area contributed by atoms with Gasteiger partial charge >= 0.3 is 0 Å². The molecular weight excluding hydrogens is 318 g/mol. The van der Waals surface area contributed by atoms with Gasteiger partial charge in [-0.3, -0.25) is 4.79 Å². The Balaban J connectivity index is 1.97. The number of nitrogens with zero attached hydrogens (tertiary/aromatic N) is 1. The van der Waals surface area contributed by atoms with E-state index in [1.165, 1.54) is 0 Å². The Morgan fingerprint density at radius 3 is 2.15 bits per heavy atom. The van der Waals surface area contributed by atoms with Gasteiger partial charge in [0.05, 0.1) is 5.52 Å². The van der Waals surface area contributed by atoms with Crippen LogP contribution in [0.1, 0.15) is 16.1 Å². The van der Waals surface area contributed by atoms with Crippen LogP contribution in [0.2, 0.25) is 0 Å². The molecule has 0 spiro atoms. The Morgan fingerprint density at radius 2 is 1.31 bits per heavy atom. The predicted octanol–water partition coefficient (Wildman–Crippen LogP) is 5.77. The standard InChI is InChI=1S/C24H15NO/c26-24(17-9-2-1-3-10-17)23-22-18-11-5-4-8-16(18)14-15-20(22)19-12-6-7-13-21(19)25-23/h1-15H. The van der Waals surface area contributed by atoms with Gasteiger partial charge in [-0.25, -0.2) is 4.98 Å². The first-order valence-corrected chi connectivity index (χ1v) is 8.63. The van der Waals surface area contributed by atoms with Gasteiger partial charge in [-0.15, -0.1) is 0 Å². The maximum absolute atomic E-state index is 13.3. The fourth-order valence-corrected chi connectivity index (χ4v) is 3.62. The van der Waals surface area contributed by atoms with Crippen molar-refractivity contribution in [2.75, 3.05) is 0 Å². The zero-order valence-electron chi connectivity index (χ0n) is 14.0. The van der Waals surface area contributed by atoms with E-state index in [0.29, 0.717) is 11.3 Å². The summed E-state index contributed by atoms with van der Waals surface area (Å²) in [6, 6.07) is 29.7. The lowest BCUT2D eigenvalue weighted by molar-refractivity contribution is 0.103. The fraction of sp³-hybridized carbons (Fsp3) is 0. The lowest BCUT2D eigenvalue weighted by Gasteiger charge is -2.12. The van der Waals surface area contributed by atoms with E-state index in [9.17, 15) is 4.79 Å². The van der Waals surface area contributed by atoms with Gasteiger partial charge in [0.25, 0.3) is 0 Å². The molecule has 4 aromatic carbocycles. The second-order valence-corrected chi connectivity index (χ2v) is 6.38. The van der Waals surface area contributed by atoms with Crippen molar-refractivity contribution in [1.29, 1.82) is 0 Å². The average molecular weight is 333 g/mol. The molecule has 0 atom stereocenters. The van der Waals surface area contributed by atoms with E-state index >= 15 is 0 Å². The third kappa shape index (κ3) is 2.20. The monoisotopic (exact) mass is 333 g/mol. The topological polar surface area (TPSA) is 30.0 Å². The molecule has 1 heterocycles. The molecule has 0 saturated carbocycles. The molecule has 5 aromatic rings. The second kappa shape index (κ2) is 5.78. The van der Waals surface area contributed by atoms with Gasteiger partial charge in [0.15, 0.2) is 0 Å². The molecule has 26 heavy (non-hydrogen) atoms. The molecular formula is C24H15NO. The molecule has 0 N–H and O–H groups in total. The molecule has 0 aliphatic carbocycles. The number of aromatic nitrogens is 1. The molecule has 0 aliphatic rings. The minimum Gasteiger partial charge on any atom is -0.287 e. The van der Waals surface area contributed by atoms with E-state index in [0.717, 1.165) is 32.4 Å². The second-order valence-electron chi connectivity index (χ2n) is 6.38. The van der Waals surface area contributed by atoms with Crippen LogP contribution in [-0.4, -0.2) is 10.8 Å². The number of hydrogen-bond donors (Lipinski definition) is 0. The summed E-state index contributed by atoms with van der Waals surface area (Å²) in [5, 5.41) is 5.23. The highest BCUT2D eigenvalue weighted by molar-refractivity contribution is 6.26. The molecule has 0 fully saturated rings. The summed E-state index contributed by atoms with van der Waals surface area (Å²) < 4.78 is 0. The average Bonchev–Trinajstić information content (AvgIpc) is 2.73. The molecule has 5 rings (SSSR count). The molecule has 0 radical (unpaired) electrons. The molecule has 0 amide bonds. The summed E-state index contributed by atoms with van der Waals surface area (Å²) in [6.07, 6.45) is 0. The van der Waals surface area contributed by atoms with Gasteiger partial charge in [0.2, 0.25) is 5.78 Å². The number of carbonyl (C=O) groups excluding carboxylic acids is 1. The highest BCUT2D eigenvalue weighted by atomic mass is 16.1. The van der Waals surface area contributed by atoms with E-state index in [2.05, 4.69) is 30.3 Å². The number of pyridine rings is 1. The van der Waals surface area contributed by atoms with E-state index in [1.807, 2.05) is 60.7 Å². The molecule has 122 valence electrons. The predicted molar refractivity (Wildman–Crippen MR) is 107 cm³/mol. The van der Waals surface area contributed by atoms with Crippen molar-refractivity contribution in [3.05, 3.63) is 102 Å². The first kappa shape index (κ1) is 14.8. The summed E-state index contributed by atoms with van der Waals surface area (Å²) >= 11 is 0. The van der Waals surface area contributed by atoms with Gasteiger partial charge < -0.3 is 0 Å². The van der Waals surface area contributed by atoms with Crippen molar-refractivity contribution < 1.29 is 4.79 Å². The van der Waals surface area contributed by atoms with Crippen molar-refractivity contribution in [1.82, 2.24) is 4.98 Å². The van der Waals surface area contributed by atoms with Crippen molar-refractivity contribution in [2.45, 2.75) is 0 Å². The fourth-order valence-electron chi connectivity index (χ4n) is 3.62. The SMILES string of the molecule is O=C(c1ccccc1)c1nc2ccccc2c2ccc3ccccc3c12. The van der Waals surface area contributed by atoms with Crippen LogP contribution in [0.3, 0.4) is 0 Å². The Bertz CT molecular complexity index is 1290. The first-order chi connectivity index (χ1) is 12.8. The summed E-state index contributed by atoms with van der Waals surface area (Å²) in [5.41, 5.74) is 2.01. The van der Waals surface area contributed by atoms with Crippen LogP contribution in [0.5, 0.6) is 0 Å². The van der Waals surface area contributed by atoms with Crippen molar-refractivity contribution in [3.63, 3.8) is 0 Å². The van der Waals surface area contributed by atoms with Crippen LogP contribution in [0.4, 0.5) is 0 Å². The third-order valence-electron chi connectivity index (χ3n) is 4.84. The maximum atomic E-state index is 13.3. The van der Waals surface area contributed by atoms with Gasteiger partial charge in [0, 0.05) is 16.3 Å². The number of benzene rings is 4. The lowest BCUT2D eigenvalue weighted by atomic mass is 9.95.